The quantitative estimate of drug-likeness (QED) is 0.761. The summed E-state index contributed by atoms with van der Waals surface area (Å²) >= 11 is 0. The number of H-pyrrole nitrogens is 1. The molecule has 0 fully saturated rings. The standard InChI is InChI=1S/C18H18N4O/c1-13-7-9-14(10-8-13)11-16-20-17(22-21-16)12-18(23)19-15-5-3-2-4-6-15/h2-10H,11-12H2,1H3,(H,19,23)(H,20,21,22). The minimum absolute atomic E-state index is 0.128. The average Bonchev–Trinajstić information content (AvgIpc) is 2.97. The van der Waals surface area contributed by atoms with Gasteiger partial charge in [-0.2, -0.15) is 5.10 Å². The van der Waals surface area contributed by atoms with E-state index in [0.717, 1.165) is 17.1 Å². The highest BCUT2D eigenvalue weighted by Crippen LogP contribution is 2.09. The van der Waals surface area contributed by atoms with Crippen molar-refractivity contribution in [2.75, 3.05) is 5.32 Å². The lowest BCUT2D eigenvalue weighted by molar-refractivity contribution is -0.115. The predicted octanol–water partition coefficient (Wildman–Crippen LogP) is 2.89. The fourth-order valence-corrected chi connectivity index (χ4v) is 2.26. The monoisotopic (exact) mass is 306 g/mol. The van der Waals surface area contributed by atoms with E-state index in [1.807, 2.05) is 30.3 Å². The summed E-state index contributed by atoms with van der Waals surface area (Å²) in [5.74, 6) is 1.13. The molecule has 0 saturated carbocycles. The van der Waals surface area contributed by atoms with Gasteiger partial charge in [-0.05, 0) is 24.6 Å². The lowest BCUT2D eigenvalue weighted by Crippen LogP contribution is -2.15. The first-order chi connectivity index (χ1) is 11.2. The summed E-state index contributed by atoms with van der Waals surface area (Å²) in [6.45, 7) is 2.06. The first-order valence-electron chi connectivity index (χ1n) is 7.49. The van der Waals surface area contributed by atoms with Crippen molar-refractivity contribution in [2.45, 2.75) is 19.8 Å². The first-order valence-corrected chi connectivity index (χ1v) is 7.49. The van der Waals surface area contributed by atoms with Crippen molar-refractivity contribution in [3.63, 3.8) is 0 Å². The highest BCUT2D eigenvalue weighted by molar-refractivity contribution is 5.91. The van der Waals surface area contributed by atoms with Gasteiger partial charge in [0.2, 0.25) is 5.91 Å². The number of rotatable bonds is 5. The maximum absolute atomic E-state index is 12.0. The number of carbonyl (C=O) groups excluding carboxylic acids is 1. The number of hydrogen-bond donors (Lipinski definition) is 2. The van der Waals surface area contributed by atoms with Crippen LogP contribution in [0.2, 0.25) is 0 Å². The third kappa shape index (κ3) is 4.26. The molecule has 0 atom stereocenters. The number of aromatic nitrogens is 3. The number of benzene rings is 2. The Morgan fingerprint density at radius 1 is 1.09 bits per heavy atom. The van der Waals surface area contributed by atoms with Gasteiger partial charge in [0, 0.05) is 12.1 Å². The van der Waals surface area contributed by atoms with E-state index in [1.165, 1.54) is 5.56 Å². The number of nitrogens with one attached hydrogen (secondary N) is 2. The minimum atomic E-state index is -0.128. The number of carbonyl (C=O) groups is 1. The van der Waals surface area contributed by atoms with Crippen LogP contribution in [0.3, 0.4) is 0 Å². The molecule has 5 heteroatoms. The molecule has 0 unspecified atom stereocenters. The van der Waals surface area contributed by atoms with Crippen molar-refractivity contribution in [3.8, 4) is 0 Å². The third-order valence-electron chi connectivity index (χ3n) is 3.45. The zero-order valence-corrected chi connectivity index (χ0v) is 12.9. The van der Waals surface area contributed by atoms with E-state index >= 15 is 0 Å². The Bertz CT molecular complexity index is 778. The smallest absolute Gasteiger partial charge is 0.232 e. The van der Waals surface area contributed by atoms with Gasteiger partial charge in [0.15, 0.2) is 5.82 Å². The molecule has 0 aliphatic carbocycles. The number of para-hydroxylation sites is 1. The molecule has 0 saturated heterocycles. The van der Waals surface area contributed by atoms with Crippen LogP contribution in [0.5, 0.6) is 0 Å². The summed E-state index contributed by atoms with van der Waals surface area (Å²) in [5, 5.41) is 9.83. The van der Waals surface area contributed by atoms with Crippen molar-refractivity contribution < 1.29 is 4.79 Å². The summed E-state index contributed by atoms with van der Waals surface area (Å²) in [7, 11) is 0. The largest absolute Gasteiger partial charge is 0.326 e. The van der Waals surface area contributed by atoms with Crippen LogP contribution in [0.1, 0.15) is 22.8 Å². The summed E-state index contributed by atoms with van der Waals surface area (Å²) in [5.41, 5.74) is 3.16. The van der Waals surface area contributed by atoms with Crippen LogP contribution in [0.4, 0.5) is 5.69 Å². The molecule has 116 valence electrons. The normalized spacial score (nSPS) is 10.5. The fourth-order valence-electron chi connectivity index (χ4n) is 2.26. The molecule has 1 aromatic heterocycles. The number of hydrogen-bond acceptors (Lipinski definition) is 3. The van der Waals surface area contributed by atoms with E-state index in [9.17, 15) is 4.79 Å². The second-order valence-electron chi connectivity index (χ2n) is 5.45. The number of anilines is 1. The van der Waals surface area contributed by atoms with Gasteiger partial charge in [0.1, 0.15) is 5.82 Å². The molecule has 1 heterocycles. The average molecular weight is 306 g/mol. The molecule has 2 aromatic carbocycles. The Morgan fingerprint density at radius 2 is 1.83 bits per heavy atom. The van der Waals surface area contributed by atoms with E-state index in [0.29, 0.717) is 12.2 Å². The summed E-state index contributed by atoms with van der Waals surface area (Å²) in [6, 6.07) is 17.6. The van der Waals surface area contributed by atoms with Crippen molar-refractivity contribution in [3.05, 3.63) is 77.4 Å². The molecular formula is C18H18N4O. The Kier molecular flexibility index (Phi) is 4.47. The van der Waals surface area contributed by atoms with E-state index in [4.69, 9.17) is 0 Å². The lowest BCUT2D eigenvalue weighted by atomic mass is 10.1. The number of aromatic amines is 1. The topological polar surface area (TPSA) is 70.7 Å². The highest BCUT2D eigenvalue weighted by atomic mass is 16.1. The van der Waals surface area contributed by atoms with Crippen LogP contribution in [-0.2, 0) is 17.6 Å². The minimum Gasteiger partial charge on any atom is -0.326 e. The van der Waals surface area contributed by atoms with Crippen molar-refractivity contribution in [1.82, 2.24) is 15.2 Å². The van der Waals surface area contributed by atoms with Gasteiger partial charge in [-0.25, -0.2) is 4.98 Å². The number of aryl methyl sites for hydroxylation is 1. The molecule has 0 radical (unpaired) electrons. The third-order valence-corrected chi connectivity index (χ3v) is 3.45. The van der Waals surface area contributed by atoms with Gasteiger partial charge in [0.25, 0.3) is 0 Å². The lowest BCUT2D eigenvalue weighted by Gasteiger charge is -2.02. The van der Waals surface area contributed by atoms with E-state index in [2.05, 4.69) is 51.7 Å². The maximum atomic E-state index is 12.0. The van der Waals surface area contributed by atoms with E-state index in [1.54, 1.807) is 0 Å². The van der Waals surface area contributed by atoms with Crippen LogP contribution in [-0.4, -0.2) is 21.1 Å². The maximum Gasteiger partial charge on any atom is 0.232 e. The molecule has 2 N–H and O–H groups in total. The van der Waals surface area contributed by atoms with E-state index in [-0.39, 0.29) is 12.3 Å². The Labute approximate surface area is 134 Å². The van der Waals surface area contributed by atoms with Crippen LogP contribution < -0.4 is 5.32 Å². The van der Waals surface area contributed by atoms with Crippen LogP contribution in [0.15, 0.2) is 54.6 Å². The van der Waals surface area contributed by atoms with Crippen LogP contribution in [0, 0.1) is 6.92 Å². The molecule has 23 heavy (non-hydrogen) atoms. The second kappa shape index (κ2) is 6.87. The molecule has 0 bridgehead atoms. The van der Waals surface area contributed by atoms with Gasteiger partial charge < -0.3 is 5.32 Å². The number of amides is 1. The zero-order chi connectivity index (χ0) is 16.1. The van der Waals surface area contributed by atoms with Gasteiger partial charge in [0.05, 0.1) is 6.42 Å². The van der Waals surface area contributed by atoms with Crippen LogP contribution in [0.25, 0.3) is 0 Å². The van der Waals surface area contributed by atoms with Crippen LogP contribution >= 0.6 is 0 Å². The molecule has 3 aromatic rings. The van der Waals surface area contributed by atoms with Gasteiger partial charge in [-0.1, -0.05) is 48.0 Å². The van der Waals surface area contributed by atoms with Gasteiger partial charge >= 0.3 is 0 Å². The summed E-state index contributed by atoms with van der Waals surface area (Å²) in [6.07, 6.45) is 0.826. The van der Waals surface area contributed by atoms with Crippen molar-refractivity contribution in [1.29, 1.82) is 0 Å². The summed E-state index contributed by atoms with van der Waals surface area (Å²) in [4.78, 5) is 16.4. The second-order valence-corrected chi connectivity index (χ2v) is 5.45. The van der Waals surface area contributed by atoms with E-state index < -0.39 is 0 Å². The first kappa shape index (κ1) is 15.0. The summed E-state index contributed by atoms with van der Waals surface area (Å²) < 4.78 is 0. The predicted molar refractivity (Wildman–Crippen MR) is 89.1 cm³/mol. The Hall–Kier alpha value is -2.95. The fraction of sp³-hybridized carbons (Fsp3) is 0.167. The van der Waals surface area contributed by atoms with Crippen molar-refractivity contribution in [2.24, 2.45) is 0 Å². The highest BCUT2D eigenvalue weighted by Gasteiger charge is 2.09. The SMILES string of the molecule is Cc1ccc(Cc2nc(CC(=O)Nc3ccccc3)n[nH]2)cc1. The Balaban J connectivity index is 1.58. The molecule has 0 aliphatic rings. The number of nitrogens with zero attached hydrogens (tertiary/aromatic N) is 2. The molecular weight excluding hydrogens is 288 g/mol. The molecule has 5 nitrogen and oxygen atoms in total. The molecule has 3 rings (SSSR count). The van der Waals surface area contributed by atoms with Crippen molar-refractivity contribution >= 4 is 11.6 Å². The molecule has 0 spiro atoms. The zero-order valence-electron chi connectivity index (χ0n) is 12.9. The molecule has 0 aliphatic heterocycles. The van der Waals surface area contributed by atoms with Gasteiger partial charge in [-0.3, -0.25) is 9.89 Å². The van der Waals surface area contributed by atoms with Gasteiger partial charge in [-0.15, -0.1) is 0 Å². The Morgan fingerprint density at radius 3 is 2.57 bits per heavy atom. The molecule has 1 amide bonds.